The predicted molar refractivity (Wildman–Crippen MR) is 55.9 cm³/mol. The molecule has 16 heavy (non-hydrogen) atoms. The van der Waals surface area contributed by atoms with Crippen LogP contribution in [-0.2, 0) is 4.79 Å². The molecule has 88 valence electrons. The van der Waals surface area contributed by atoms with Crippen molar-refractivity contribution in [2.45, 2.75) is 45.1 Å². The lowest BCUT2D eigenvalue weighted by atomic mass is 10.1. The van der Waals surface area contributed by atoms with Gasteiger partial charge in [0.05, 0.1) is 12.5 Å². The Labute approximate surface area is 93.6 Å². The van der Waals surface area contributed by atoms with E-state index in [1.165, 1.54) is 12.8 Å². The third-order valence-electron chi connectivity index (χ3n) is 3.14. The van der Waals surface area contributed by atoms with E-state index in [-0.39, 0.29) is 12.5 Å². The highest BCUT2D eigenvalue weighted by atomic mass is 16.4. The molecule has 0 radical (unpaired) electrons. The van der Waals surface area contributed by atoms with Gasteiger partial charge in [0, 0.05) is 5.92 Å². The highest BCUT2D eigenvalue weighted by Crippen LogP contribution is 2.41. The zero-order valence-corrected chi connectivity index (χ0v) is 9.50. The molecular formula is C10H16N4O2. The standard InChI is InChI=1S/C10H16N4O2/c1-6(5-9(15)16)14-10(11-12-13-14)7(2)8-3-4-8/h6-8H,3-5H2,1-2H3,(H,15,16). The van der Waals surface area contributed by atoms with Gasteiger partial charge in [-0.25, -0.2) is 4.68 Å². The quantitative estimate of drug-likeness (QED) is 0.813. The molecule has 2 atom stereocenters. The van der Waals surface area contributed by atoms with Crippen LogP contribution in [-0.4, -0.2) is 31.3 Å². The largest absolute Gasteiger partial charge is 0.481 e. The van der Waals surface area contributed by atoms with Gasteiger partial charge >= 0.3 is 5.97 Å². The summed E-state index contributed by atoms with van der Waals surface area (Å²) in [7, 11) is 0. The van der Waals surface area contributed by atoms with Gasteiger partial charge in [0.25, 0.3) is 0 Å². The Morgan fingerprint density at radius 1 is 1.56 bits per heavy atom. The topological polar surface area (TPSA) is 80.9 Å². The number of rotatable bonds is 5. The lowest BCUT2D eigenvalue weighted by molar-refractivity contribution is -0.137. The summed E-state index contributed by atoms with van der Waals surface area (Å²) in [5, 5.41) is 20.3. The van der Waals surface area contributed by atoms with Crippen LogP contribution in [0.1, 0.15) is 50.9 Å². The van der Waals surface area contributed by atoms with Crippen molar-refractivity contribution in [3.8, 4) is 0 Å². The summed E-state index contributed by atoms with van der Waals surface area (Å²) in [4.78, 5) is 10.7. The molecule has 0 aliphatic heterocycles. The van der Waals surface area contributed by atoms with Crippen molar-refractivity contribution in [1.82, 2.24) is 20.2 Å². The smallest absolute Gasteiger partial charge is 0.305 e. The lowest BCUT2D eigenvalue weighted by Gasteiger charge is -2.14. The first kappa shape index (κ1) is 11.0. The molecule has 0 spiro atoms. The zero-order valence-electron chi connectivity index (χ0n) is 9.50. The third-order valence-corrected chi connectivity index (χ3v) is 3.14. The molecule has 1 saturated carbocycles. The van der Waals surface area contributed by atoms with Crippen molar-refractivity contribution in [3.05, 3.63) is 5.82 Å². The second-order valence-electron chi connectivity index (χ2n) is 4.55. The van der Waals surface area contributed by atoms with Crippen LogP contribution >= 0.6 is 0 Å². The Bertz CT molecular complexity index is 386. The van der Waals surface area contributed by atoms with Gasteiger partial charge in [0.15, 0.2) is 5.82 Å². The molecule has 0 saturated heterocycles. The predicted octanol–water partition coefficient (Wildman–Crippen LogP) is 1.22. The van der Waals surface area contributed by atoms with Gasteiger partial charge in [0.2, 0.25) is 0 Å². The monoisotopic (exact) mass is 224 g/mol. The number of hydrogen-bond acceptors (Lipinski definition) is 4. The van der Waals surface area contributed by atoms with E-state index >= 15 is 0 Å². The molecule has 2 rings (SSSR count). The van der Waals surface area contributed by atoms with Crippen LogP contribution in [0.25, 0.3) is 0 Å². The normalized spacial score (nSPS) is 19.4. The van der Waals surface area contributed by atoms with Gasteiger partial charge in [-0.15, -0.1) is 5.10 Å². The summed E-state index contributed by atoms with van der Waals surface area (Å²) < 4.78 is 1.65. The van der Waals surface area contributed by atoms with E-state index in [1.54, 1.807) is 4.68 Å². The van der Waals surface area contributed by atoms with Crippen LogP contribution in [0.2, 0.25) is 0 Å². The number of carbonyl (C=O) groups is 1. The highest BCUT2D eigenvalue weighted by Gasteiger charge is 2.33. The van der Waals surface area contributed by atoms with E-state index in [1.807, 2.05) is 6.92 Å². The maximum absolute atomic E-state index is 10.7. The van der Waals surface area contributed by atoms with Crippen molar-refractivity contribution < 1.29 is 9.90 Å². The maximum Gasteiger partial charge on any atom is 0.305 e. The molecule has 6 heteroatoms. The number of hydrogen-bond donors (Lipinski definition) is 1. The Balaban J connectivity index is 2.14. The molecule has 1 aromatic rings. The van der Waals surface area contributed by atoms with Crippen LogP contribution in [0.4, 0.5) is 0 Å². The van der Waals surface area contributed by atoms with E-state index in [4.69, 9.17) is 5.11 Å². The second kappa shape index (κ2) is 4.19. The van der Waals surface area contributed by atoms with Crippen molar-refractivity contribution in [3.63, 3.8) is 0 Å². The van der Waals surface area contributed by atoms with E-state index in [2.05, 4.69) is 22.4 Å². The molecule has 1 aliphatic rings. The molecule has 0 amide bonds. The number of carboxylic acid groups (broad SMARTS) is 1. The number of aromatic nitrogens is 4. The minimum Gasteiger partial charge on any atom is -0.481 e. The Morgan fingerprint density at radius 2 is 2.25 bits per heavy atom. The summed E-state index contributed by atoms with van der Waals surface area (Å²) in [5.41, 5.74) is 0. The van der Waals surface area contributed by atoms with E-state index < -0.39 is 5.97 Å². The maximum atomic E-state index is 10.7. The fourth-order valence-corrected chi connectivity index (χ4v) is 1.96. The molecular weight excluding hydrogens is 208 g/mol. The van der Waals surface area contributed by atoms with E-state index in [0.717, 1.165) is 5.82 Å². The number of nitrogens with zero attached hydrogens (tertiary/aromatic N) is 4. The van der Waals surface area contributed by atoms with E-state index in [9.17, 15) is 4.79 Å². The zero-order chi connectivity index (χ0) is 11.7. The van der Waals surface area contributed by atoms with Gasteiger partial charge in [-0.3, -0.25) is 4.79 Å². The van der Waals surface area contributed by atoms with Crippen LogP contribution in [0.3, 0.4) is 0 Å². The first-order valence-corrected chi connectivity index (χ1v) is 5.59. The summed E-state index contributed by atoms with van der Waals surface area (Å²) in [6.45, 7) is 3.93. The van der Waals surface area contributed by atoms with Crippen LogP contribution in [0, 0.1) is 5.92 Å². The van der Waals surface area contributed by atoms with Crippen molar-refractivity contribution >= 4 is 5.97 Å². The van der Waals surface area contributed by atoms with Gasteiger partial charge < -0.3 is 5.11 Å². The van der Waals surface area contributed by atoms with Crippen molar-refractivity contribution in [2.75, 3.05) is 0 Å². The first-order valence-electron chi connectivity index (χ1n) is 5.59. The van der Waals surface area contributed by atoms with E-state index in [0.29, 0.717) is 11.8 Å². The molecule has 0 aromatic carbocycles. The average Bonchev–Trinajstić information content (AvgIpc) is 2.93. The minimum absolute atomic E-state index is 0.0510. The second-order valence-corrected chi connectivity index (χ2v) is 4.55. The van der Waals surface area contributed by atoms with Crippen LogP contribution < -0.4 is 0 Å². The molecule has 1 fully saturated rings. The van der Waals surface area contributed by atoms with Crippen molar-refractivity contribution in [2.24, 2.45) is 5.92 Å². The number of aliphatic carboxylic acids is 1. The SMILES string of the molecule is CC(c1nnnn1C(C)CC(=O)O)C1CC1. The fraction of sp³-hybridized carbons (Fsp3) is 0.800. The first-order chi connectivity index (χ1) is 7.59. The summed E-state index contributed by atoms with van der Waals surface area (Å²) in [6, 6.07) is -0.191. The average molecular weight is 224 g/mol. The molecule has 0 bridgehead atoms. The molecule has 1 heterocycles. The molecule has 1 N–H and O–H groups in total. The highest BCUT2D eigenvalue weighted by molar-refractivity contribution is 5.67. The lowest BCUT2D eigenvalue weighted by Crippen LogP contribution is -2.17. The van der Waals surface area contributed by atoms with Gasteiger partial charge in [-0.2, -0.15) is 0 Å². The Kier molecular flexibility index (Phi) is 2.89. The fourth-order valence-electron chi connectivity index (χ4n) is 1.96. The number of tetrazole rings is 1. The number of carboxylic acids is 1. The van der Waals surface area contributed by atoms with Gasteiger partial charge in [-0.1, -0.05) is 6.92 Å². The Hall–Kier alpha value is -1.46. The molecule has 6 nitrogen and oxygen atoms in total. The van der Waals surface area contributed by atoms with Crippen LogP contribution in [0.15, 0.2) is 0 Å². The van der Waals surface area contributed by atoms with Crippen LogP contribution in [0.5, 0.6) is 0 Å². The third kappa shape index (κ3) is 2.20. The molecule has 2 unspecified atom stereocenters. The summed E-state index contributed by atoms with van der Waals surface area (Å²) >= 11 is 0. The molecule has 1 aliphatic carbocycles. The van der Waals surface area contributed by atoms with Gasteiger partial charge in [-0.05, 0) is 36.1 Å². The van der Waals surface area contributed by atoms with Gasteiger partial charge in [0.1, 0.15) is 0 Å². The Morgan fingerprint density at radius 3 is 2.81 bits per heavy atom. The summed E-state index contributed by atoms with van der Waals surface area (Å²) in [5.74, 6) is 0.984. The van der Waals surface area contributed by atoms with Crippen molar-refractivity contribution in [1.29, 1.82) is 0 Å². The minimum atomic E-state index is -0.826. The summed E-state index contributed by atoms with van der Waals surface area (Å²) in [6.07, 6.45) is 2.50. The molecule has 1 aromatic heterocycles.